The van der Waals surface area contributed by atoms with E-state index in [9.17, 15) is 14.3 Å². The number of carbonyl (C=O) groups is 1. The van der Waals surface area contributed by atoms with Gasteiger partial charge in [0.15, 0.2) is 5.78 Å². The van der Waals surface area contributed by atoms with Gasteiger partial charge in [-0.25, -0.2) is 4.99 Å². The minimum absolute atomic E-state index is 0.0211. The number of ether oxygens (including phenoxy) is 1. The van der Waals surface area contributed by atoms with Crippen LogP contribution < -0.4 is 4.74 Å². The molecule has 1 aromatic carbocycles. The molecule has 4 aliphatic rings. The molecule has 1 heterocycles. The molecule has 1 aliphatic heterocycles. The Hall–Kier alpha value is -2.36. The van der Waals surface area contributed by atoms with Gasteiger partial charge in [0.2, 0.25) is 5.83 Å². The van der Waals surface area contributed by atoms with Crippen molar-refractivity contribution in [2.24, 2.45) is 28.7 Å². The number of benzene rings is 1. The monoisotopic (exact) mass is 427 g/mol. The molecule has 5 atom stereocenters. The molecule has 3 aliphatic carbocycles. The number of ketones is 1. The van der Waals surface area contributed by atoms with E-state index in [4.69, 9.17) is 16.3 Å². The molecule has 2 bridgehead atoms. The van der Waals surface area contributed by atoms with Crippen molar-refractivity contribution < 1.29 is 19.0 Å². The van der Waals surface area contributed by atoms with E-state index < -0.39 is 11.6 Å². The predicted molar refractivity (Wildman–Crippen MR) is 113 cm³/mol. The third-order valence-electron chi connectivity index (χ3n) is 7.17. The zero-order chi connectivity index (χ0) is 21.4. The zero-order valence-electron chi connectivity index (χ0n) is 17.1. The van der Waals surface area contributed by atoms with Crippen LogP contribution in [0.2, 0.25) is 0 Å². The number of carbonyl (C=O) groups excluding carboxylic acids is 1. The summed E-state index contributed by atoms with van der Waals surface area (Å²) in [6.07, 6.45) is 4.54. The first-order valence-corrected chi connectivity index (χ1v) is 10.7. The third-order valence-corrected chi connectivity index (χ3v) is 7.36. The molecule has 0 saturated heterocycles. The molecular formula is C24H23ClFNO3. The number of fused-ring (bicyclic) bond motifs is 5. The van der Waals surface area contributed by atoms with Crippen LogP contribution in [0.3, 0.4) is 0 Å². The molecule has 0 spiro atoms. The molecule has 4 nitrogen and oxygen atoms in total. The van der Waals surface area contributed by atoms with Gasteiger partial charge in [-0.3, -0.25) is 4.79 Å². The van der Waals surface area contributed by atoms with Crippen molar-refractivity contribution in [3.05, 3.63) is 51.2 Å². The van der Waals surface area contributed by atoms with Gasteiger partial charge >= 0.3 is 0 Å². The number of aliphatic hydroxyl groups excluding tert-OH is 1. The Morgan fingerprint density at radius 3 is 2.47 bits per heavy atom. The van der Waals surface area contributed by atoms with Crippen LogP contribution in [0.4, 0.5) is 4.39 Å². The van der Waals surface area contributed by atoms with E-state index in [1.807, 2.05) is 13.8 Å². The summed E-state index contributed by atoms with van der Waals surface area (Å²) >= 11 is 5.76. The number of aryl methyl sites for hydroxylation is 2. The molecule has 2 unspecified atom stereocenters. The Labute approximate surface area is 179 Å². The summed E-state index contributed by atoms with van der Waals surface area (Å²) in [6, 6.07) is 3.51. The van der Waals surface area contributed by atoms with Crippen molar-refractivity contribution in [3.63, 3.8) is 0 Å². The van der Waals surface area contributed by atoms with Crippen molar-refractivity contribution in [1.82, 2.24) is 0 Å². The van der Waals surface area contributed by atoms with Gasteiger partial charge in [0, 0.05) is 18.8 Å². The normalized spacial score (nSPS) is 34.4. The Balaban J connectivity index is 1.51. The van der Waals surface area contributed by atoms with Crippen LogP contribution in [-0.2, 0) is 4.79 Å². The second kappa shape index (κ2) is 6.57. The number of hydrogen-bond donors (Lipinski definition) is 1. The first-order chi connectivity index (χ1) is 14.2. The lowest BCUT2D eigenvalue weighted by Gasteiger charge is -2.26. The first-order valence-electron chi connectivity index (χ1n) is 10.3. The molecule has 0 amide bonds. The molecular weight excluding hydrogens is 405 g/mol. The molecule has 6 heteroatoms. The summed E-state index contributed by atoms with van der Waals surface area (Å²) in [4.78, 5) is 17.3. The smallest absolute Gasteiger partial charge is 0.257 e. The summed E-state index contributed by atoms with van der Waals surface area (Å²) in [6.45, 7) is 5.25. The maximum absolute atomic E-state index is 14.4. The topological polar surface area (TPSA) is 58.9 Å². The number of hydrogen-bond acceptors (Lipinski definition) is 4. The van der Waals surface area contributed by atoms with Gasteiger partial charge in [0.25, 0.3) is 5.72 Å². The summed E-state index contributed by atoms with van der Waals surface area (Å²) in [5.41, 5.74) is 3.68. The molecule has 30 heavy (non-hydrogen) atoms. The van der Waals surface area contributed by atoms with Gasteiger partial charge < -0.3 is 9.84 Å². The summed E-state index contributed by atoms with van der Waals surface area (Å²) in [7, 11) is 0. The van der Waals surface area contributed by atoms with Gasteiger partial charge in [-0.1, -0.05) is 17.3 Å². The average Bonchev–Trinajstić information content (AvgIpc) is 3.34. The number of nitrogens with zero attached hydrogens (tertiary/aromatic N) is 1. The Morgan fingerprint density at radius 2 is 1.87 bits per heavy atom. The molecule has 2 fully saturated rings. The first kappa shape index (κ1) is 19.6. The maximum atomic E-state index is 14.4. The molecule has 0 radical (unpaired) electrons. The van der Waals surface area contributed by atoms with E-state index in [0.29, 0.717) is 23.2 Å². The summed E-state index contributed by atoms with van der Waals surface area (Å²) in [5, 5.41) is 11.1. The summed E-state index contributed by atoms with van der Waals surface area (Å²) < 4.78 is 20.2. The van der Waals surface area contributed by atoms with Gasteiger partial charge in [0.05, 0.1) is 11.8 Å². The fraction of sp³-hybridized carbons (Fsp3) is 0.458. The van der Waals surface area contributed by atoms with Crippen LogP contribution in [0.1, 0.15) is 42.9 Å². The number of aliphatic imine (C=N–C) groups is 1. The third kappa shape index (κ3) is 2.72. The molecule has 2 saturated carbocycles. The second-order valence-corrected chi connectivity index (χ2v) is 9.48. The predicted octanol–water partition coefficient (Wildman–Crippen LogP) is 5.57. The number of aliphatic hydroxyl groups is 1. The largest absolute Gasteiger partial charge is 0.511 e. The Kier molecular flexibility index (Phi) is 4.29. The highest BCUT2D eigenvalue weighted by Gasteiger charge is 2.57. The van der Waals surface area contributed by atoms with Crippen LogP contribution >= 0.6 is 11.6 Å². The number of Topliss-reactive ketones (excluding diaryl/α,β-unsaturated/α-hetero) is 1. The van der Waals surface area contributed by atoms with Crippen LogP contribution in [0.5, 0.6) is 5.75 Å². The van der Waals surface area contributed by atoms with Crippen molar-refractivity contribution >= 4 is 29.2 Å². The van der Waals surface area contributed by atoms with Crippen LogP contribution in [0.25, 0.3) is 5.57 Å². The minimum atomic E-state index is -1.54. The van der Waals surface area contributed by atoms with E-state index in [0.717, 1.165) is 36.0 Å². The van der Waals surface area contributed by atoms with Gasteiger partial charge in [-0.15, -0.1) is 0 Å². The van der Waals surface area contributed by atoms with E-state index in [2.05, 4.69) is 10.7 Å². The molecule has 1 aromatic rings. The van der Waals surface area contributed by atoms with Crippen LogP contribution in [-0.4, -0.2) is 22.8 Å². The molecule has 1 N–H and O–H groups in total. The van der Waals surface area contributed by atoms with E-state index in [1.165, 1.54) is 13.1 Å². The van der Waals surface area contributed by atoms with Crippen LogP contribution in [0, 0.1) is 37.5 Å². The molecule has 156 valence electrons. The fourth-order valence-electron chi connectivity index (χ4n) is 5.94. The van der Waals surface area contributed by atoms with Crippen molar-refractivity contribution in [2.75, 3.05) is 0 Å². The van der Waals surface area contributed by atoms with Crippen molar-refractivity contribution in [3.8, 4) is 5.75 Å². The van der Waals surface area contributed by atoms with Gasteiger partial charge in [0.1, 0.15) is 16.5 Å². The zero-order valence-corrected chi connectivity index (χ0v) is 17.9. The SMILES string of the molecule is Cc1cc(OC2(C)N=CC(Cl)=C=C2F)cc(C)c1C1=C(O)C2[C@H]3CC[C@H](C3)[C@H]2C1=O. The van der Waals surface area contributed by atoms with Crippen LogP contribution in [0.15, 0.2) is 39.5 Å². The maximum Gasteiger partial charge on any atom is 0.257 e. The standard InChI is InChI=1S/C24H23ClFNO3/c1-11-6-16(30-24(3)17(26)9-15(25)10-27-24)7-12(2)18(11)21-22(28)19-13-4-5-14(8-13)20(19)23(21)29/h6-7,10,13-14,19-20,28H,4-5,8H2,1-3H3/t13-,14+,19?,20+,24?/m0/s1. The molecule has 0 aromatic heterocycles. The van der Waals surface area contributed by atoms with E-state index in [1.54, 1.807) is 12.1 Å². The van der Waals surface area contributed by atoms with Crippen molar-refractivity contribution in [2.45, 2.75) is 45.8 Å². The molecule has 5 rings (SSSR count). The minimum Gasteiger partial charge on any atom is -0.511 e. The number of allylic oxidation sites excluding steroid dienone is 2. The number of rotatable bonds is 3. The Morgan fingerprint density at radius 1 is 1.23 bits per heavy atom. The highest BCUT2D eigenvalue weighted by molar-refractivity contribution is 6.39. The Bertz CT molecular complexity index is 1090. The lowest BCUT2D eigenvalue weighted by molar-refractivity contribution is -0.118. The highest BCUT2D eigenvalue weighted by Crippen LogP contribution is 2.60. The number of halogens is 2. The van der Waals surface area contributed by atoms with Gasteiger partial charge in [-0.2, -0.15) is 4.39 Å². The fourth-order valence-corrected chi connectivity index (χ4v) is 6.07. The van der Waals surface area contributed by atoms with Gasteiger partial charge in [-0.05, 0) is 73.8 Å². The summed E-state index contributed by atoms with van der Waals surface area (Å²) in [5.74, 6) is 0.777. The highest BCUT2D eigenvalue weighted by atomic mass is 35.5. The van der Waals surface area contributed by atoms with E-state index >= 15 is 0 Å². The van der Waals surface area contributed by atoms with E-state index in [-0.39, 0.29) is 28.4 Å². The average molecular weight is 428 g/mol. The lowest BCUT2D eigenvalue weighted by atomic mass is 9.80. The quantitative estimate of drug-likeness (QED) is 0.641. The van der Waals surface area contributed by atoms with Crippen molar-refractivity contribution in [1.29, 1.82) is 0 Å². The second-order valence-electron chi connectivity index (χ2n) is 9.07. The lowest BCUT2D eigenvalue weighted by Crippen LogP contribution is -2.32.